The van der Waals surface area contributed by atoms with Crippen molar-refractivity contribution in [2.45, 2.75) is 30.8 Å². The van der Waals surface area contributed by atoms with Crippen LogP contribution in [0.1, 0.15) is 46.7 Å². The van der Waals surface area contributed by atoms with E-state index >= 15 is 0 Å². The van der Waals surface area contributed by atoms with Crippen LogP contribution in [0.2, 0.25) is 10.0 Å². The molecule has 1 atom stereocenters. The number of hydrogen-bond acceptors (Lipinski definition) is 4. The van der Waals surface area contributed by atoms with Gasteiger partial charge in [-0.3, -0.25) is 4.79 Å². The van der Waals surface area contributed by atoms with Gasteiger partial charge >= 0.3 is 0 Å². The zero-order chi connectivity index (χ0) is 27.0. The average molecular weight is 556 g/mol. The molecule has 3 aromatic rings. The number of carbonyl (C=O) groups excluding carboxylic acids is 1. The first-order valence-corrected chi connectivity index (χ1v) is 14.0. The zero-order valence-corrected chi connectivity index (χ0v) is 23.4. The Hall–Kier alpha value is -2.41. The molecule has 1 unspecified atom stereocenters. The number of ether oxygens (including phenoxy) is 1. The largest absolute Gasteiger partial charge is 0.394 e. The summed E-state index contributed by atoms with van der Waals surface area (Å²) in [6.45, 7) is 3.60. The molecular formula is C31H36Cl2N2O3. The van der Waals surface area contributed by atoms with Crippen LogP contribution in [-0.4, -0.2) is 67.3 Å². The quantitative estimate of drug-likeness (QED) is 0.305. The van der Waals surface area contributed by atoms with Crippen molar-refractivity contribution >= 4 is 29.1 Å². The Kier molecular flexibility index (Phi) is 10.2. The Morgan fingerprint density at radius 3 is 2.29 bits per heavy atom. The third-order valence-corrected chi connectivity index (χ3v) is 8.24. The van der Waals surface area contributed by atoms with Gasteiger partial charge in [-0.05, 0) is 61.2 Å². The molecule has 1 heterocycles. The number of nitrogens with zero attached hydrogens (tertiary/aromatic N) is 2. The van der Waals surface area contributed by atoms with E-state index in [0.29, 0.717) is 28.8 Å². The van der Waals surface area contributed by atoms with Gasteiger partial charge in [-0.25, -0.2) is 0 Å². The van der Waals surface area contributed by atoms with Crippen molar-refractivity contribution < 1.29 is 14.6 Å². The Morgan fingerprint density at radius 2 is 1.66 bits per heavy atom. The van der Waals surface area contributed by atoms with E-state index in [-0.39, 0.29) is 24.0 Å². The lowest BCUT2D eigenvalue weighted by molar-refractivity contribution is -0.0986. The van der Waals surface area contributed by atoms with E-state index in [9.17, 15) is 9.90 Å². The van der Waals surface area contributed by atoms with E-state index in [1.54, 1.807) is 4.90 Å². The van der Waals surface area contributed by atoms with E-state index in [1.165, 1.54) is 5.56 Å². The maximum atomic E-state index is 13.1. The SMILES string of the molecule is CN(CC(CCN1CCC(OCCO)(c2ccccc2)CC1)c1ccc(Cl)c(Cl)c1)C(=O)c1ccccc1. The molecule has 1 saturated heterocycles. The number of piperidine rings is 1. The highest BCUT2D eigenvalue weighted by Crippen LogP contribution is 2.37. The lowest BCUT2D eigenvalue weighted by atomic mass is 9.83. The molecule has 0 radical (unpaired) electrons. The maximum absolute atomic E-state index is 13.1. The number of benzene rings is 3. The van der Waals surface area contributed by atoms with Gasteiger partial charge in [0.05, 0.1) is 28.9 Å². The van der Waals surface area contributed by atoms with Crippen LogP contribution >= 0.6 is 23.2 Å². The molecule has 5 nitrogen and oxygen atoms in total. The fraction of sp³-hybridized carbons (Fsp3) is 0.387. The van der Waals surface area contributed by atoms with Crippen LogP contribution in [0.5, 0.6) is 0 Å². The van der Waals surface area contributed by atoms with E-state index in [1.807, 2.05) is 73.8 Å². The van der Waals surface area contributed by atoms with Crippen LogP contribution < -0.4 is 0 Å². The third kappa shape index (κ3) is 7.16. The number of rotatable bonds is 11. The van der Waals surface area contributed by atoms with Crippen LogP contribution in [0.15, 0.2) is 78.9 Å². The molecule has 3 aromatic carbocycles. The number of aliphatic hydroxyl groups excluding tert-OH is 1. The fourth-order valence-corrected chi connectivity index (χ4v) is 5.63. The molecule has 0 bridgehead atoms. The first-order valence-electron chi connectivity index (χ1n) is 13.2. The zero-order valence-electron chi connectivity index (χ0n) is 21.9. The van der Waals surface area contributed by atoms with Crippen molar-refractivity contribution in [1.29, 1.82) is 0 Å². The van der Waals surface area contributed by atoms with Crippen LogP contribution in [0.3, 0.4) is 0 Å². The van der Waals surface area contributed by atoms with Gasteiger partial charge in [-0.15, -0.1) is 0 Å². The molecule has 1 amide bonds. The van der Waals surface area contributed by atoms with E-state index in [2.05, 4.69) is 17.0 Å². The molecular weight excluding hydrogens is 519 g/mol. The number of halogens is 2. The lowest BCUT2D eigenvalue weighted by Gasteiger charge is -2.42. The molecule has 4 rings (SSSR count). The van der Waals surface area contributed by atoms with Gasteiger partial charge in [-0.1, -0.05) is 77.8 Å². The summed E-state index contributed by atoms with van der Waals surface area (Å²) in [7, 11) is 1.85. The Bertz CT molecular complexity index is 1170. The minimum absolute atomic E-state index is 0.00214. The molecule has 38 heavy (non-hydrogen) atoms. The molecule has 1 N–H and O–H groups in total. The summed E-state index contributed by atoms with van der Waals surface area (Å²) in [5.41, 5.74) is 2.56. The van der Waals surface area contributed by atoms with Crippen LogP contribution in [0.25, 0.3) is 0 Å². The summed E-state index contributed by atoms with van der Waals surface area (Å²) in [6, 6.07) is 25.5. The fourth-order valence-electron chi connectivity index (χ4n) is 5.32. The second-order valence-corrected chi connectivity index (χ2v) is 10.8. The second kappa shape index (κ2) is 13.6. The standard InChI is InChI=1S/C31H36Cl2N2O3/c1-34(30(37)24-8-4-2-5-9-24)23-26(25-12-13-28(32)29(33)22-25)14-17-35-18-15-31(16-19-35,38-21-20-36)27-10-6-3-7-11-27/h2-13,22,26,36H,14-21,23H2,1H3. The van der Waals surface area contributed by atoms with Crippen molar-refractivity contribution in [3.05, 3.63) is 106 Å². The topological polar surface area (TPSA) is 53.0 Å². The molecule has 0 aliphatic carbocycles. The Morgan fingerprint density at radius 1 is 1.00 bits per heavy atom. The molecule has 1 aliphatic heterocycles. The number of hydrogen-bond donors (Lipinski definition) is 1. The minimum atomic E-state index is -0.369. The van der Waals surface area contributed by atoms with Gasteiger partial charge in [0.15, 0.2) is 0 Å². The highest BCUT2D eigenvalue weighted by molar-refractivity contribution is 6.42. The number of aliphatic hydroxyl groups is 1. The second-order valence-electron chi connectivity index (χ2n) is 9.98. The smallest absolute Gasteiger partial charge is 0.253 e. The van der Waals surface area contributed by atoms with Gasteiger partial charge in [0.25, 0.3) is 5.91 Å². The Labute approximate surface area is 235 Å². The number of likely N-dealkylation sites (tertiary alicyclic amines) is 1. The molecule has 0 saturated carbocycles. The van der Waals surface area contributed by atoms with Crippen molar-refractivity contribution in [1.82, 2.24) is 9.80 Å². The van der Waals surface area contributed by atoms with Crippen molar-refractivity contribution in [2.24, 2.45) is 0 Å². The summed E-state index contributed by atoms with van der Waals surface area (Å²) >= 11 is 12.6. The first-order chi connectivity index (χ1) is 18.4. The van der Waals surface area contributed by atoms with Gasteiger partial charge in [0, 0.05) is 38.2 Å². The van der Waals surface area contributed by atoms with Gasteiger partial charge < -0.3 is 19.6 Å². The van der Waals surface area contributed by atoms with Gasteiger partial charge in [0.1, 0.15) is 0 Å². The lowest BCUT2D eigenvalue weighted by Crippen LogP contribution is -2.45. The van der Waals surface area contributed by atoms with Gasteiger partial charge in [-0.2, -0.15) is 0 Å². The highest BCUT2D eigenvalue weighted by atomic mass is 35.5. The van der Waals surface area contributed by atoms with Crippen LogP contribution in [0, 0.1) is 0 Å². The Balaban J connectivity index is 1.44. The molecule has 1 aliphatic rings. The van der Waals surface area contributed by atoms with E-state index in [0.717, 1.165) is 44.5 Å². The van der Waals surface area contributed by atoms with Crippen molar-refractivity contribution in [3.8, 4) is 0 Å². The van der Waals surface area contributed by atoms with Crippen LogP contribution in [-0.2, 0) is 10.3 Å². The highest BCUT2D eigenvalue weighted by Gasteiger charge is 2.37. The van der Waals surface area contributed by atoms with Crippen molar-refractivity contribution in [2.75, 3.05) is 46.4 Å². The molecule has 202 valence electrons. The van der Waals surface area contributed by atoms with Crippen LogP contribution in [0.4, 0.5) is 0 Å². The molecule has 0 aromatic heterocycles. The number of likely N-dealkylation sites (N-methyl/N-ethyl adjacent to an activating group) is 1. The average Bonchev–Trinajstić information content (AvgIpc) is 2.96. The minimum Gasteiger partial charge on any atom is -0.394 e. The molecule has 0 spiro atoms. The first kappa shape index (κ1) is 28.6. The summed E-state index contributed by atoms with van der Waals surface area (Å²) in [5.74, 6) is 0.108. The predicted octanol–water partition coefficient (Wildman–Crippen LogP) is 6.24. The monoisotopic (exact) mass is 554 g/mol. The molecule has 7 heteroatoms. The molecule has 1 fully saturated rings. The number of amides is 1. The summed E-state index contributed by atoms with van der Waals surface area (Å²) in [4.78, 5) is 17.3. The third-order valence-electron chi connectivity index (χ3n) is 7.50. The van der Waals surface area contributed by atoms with E-state index in [4.69, 9.17) is 27.9 Å². The van der Waals surface area contributed by atoms with Gasteiger partial charge in [0.2, 0.25) is 0 Å². The predicted molar refractivity (Wildman–Crippen MR) is 154 cm³/mol. The number of carbonyl (C=O) groups is 1. The van der Waals surface area contributed by atoms with Crippen molar-refractivity contribution in [3.63, 3.8) is 0 Å². The van der Waals surface area contributed by atoms with E-state index < -0.39 is 0 Å². The normalized spacial score (nSPS) is 16.2. The summed E-state index contributed by atoms with van der Waals surface area (Å²) in [5, 5.41) is 10.5. The summed E-state index contributed by atoms with van der Waals surface area (Å²) in [6.07, 6.45) is 2.60. The summed E-state index contributed by atoms with van der Waals surface area (Å²) < 4.78 is 6.25. The maximum Gasteiger partial charge on any atom is 0.253 e.